The van der Waals surface area contributed by atoms with Crippen LogP contribution >= 0.6 is 11.8 Å². The molecule has 0 saturated heterocycles. The number of aryl methyl sites for hydroxylation is 1. The summed E-state index contributed by atoms with van der Waals surface area (Å²) in [7, 11) is 0. The number of anilines is 2. The van der Waals surface area contributed by atoms with Gasteiger partial charge in [0, 0.05) is 29.4 Å². The molecule has 3 N–H and O–H groups in total. The minimum absolute atomic E-state index is 0.0756. The second-order valence-corrected chi connectivity index (χ2v) is 5.28. The molecule has 2 rings (SSSR count). The molecule has 1 amide bonds. The first-order valence-corrected chi connectivity index (χ1v) is 6.64. The van der Waals surface area contributed by atoms with Gasteiger partial charge in [0.1, 0.15) is 5.03 Å². The Bertz CT molecular complexity index is 596. The van der Waals surface area contributed by atoms with E-state index in [2.05, 4.69) is 10.3 Å². The summed E-state index contributed by atoms with van der Waals surface area (Å²) in [4.78, 5) is 16.3. The van der Waals surface area contributed by atoms with Crippen molar-refractivity contribution in [3.8, 4) is 0 Å². The SMILES string of the molecule is CC(=O)Nc1ccc(Sc2cc(N)c(C)cn2)cc1. The highest BCUT2D eigenvalue weighted by Gasteiger charge is 2.02. The van der Waals surface area contributed by atoms with Gasteiger partial charge in [0.05, 0.1) is 0 Å². The van der Waals surface area contributed by atoms with E-state index >= 15 is 0 Å². The predicted octanol–water partition coefficient (Wildman–Crippen LogP) is 3.08. The molecule has 1 heterocycles. The topological polar surface area (TPSA) is 68.0 Å². The van der Waals surface area contributed by atoms with E-state index in [1.807, 2.05) is 37.3 Å². The Labute approximate surface area is 116 Å². The van der Waals surface area contributed by atoms with Crippen LogP contribution < -0.4 is 11.1 Å². The third-order valence-electron chi connectivity index (χ3n) is 2.52. The van der Waals surface area contributed by atoms with Crippen molar-refractivity contribution >= 4 is 29.0 Å². The van der Waals surface area contributed by atoms with E-state index in [1.165, 1.54) is 18.7 Å². The summed E-state index contributed by atoms with van der Waals surface area (Å²) in [6.45, 7) is 3.42. The van der Waals surface area contributed by atoms with Gasteiger partial charge in [-0.15, -0.1) is 0 Å². The molecule has 2 aromatic rings. The van der Waals surface area contributed by atoms with E-state index in [4.69, 9.17) is 5.73 Å². The van der Waals surface area contributed by atoms with Gasteiger partial charge in [-0.1, -0.05) is 11.8 Å². The van der Waals surface area contributed by atoms with Gasteiger partial charge in [0.15, 0.2) is 0 Å². The van der Waals surface area contributed by atoms with Crippen molar-refractivity contribution in [1.82, 2.24) is 4.98 Å². The Balaban J connectivity index is 2.10. The van der Waals surface area contributed by atoms with Crippen LogP contribution in [0.3, 0.4) is 0 Å². The van der Waals surface area contributed by atoms with Crippen LogP contribution in [0, 0.1) is 6.92 Å². The first kappa shape index (κ1) is 13.4. The third kappa shape index (κ3) is 3.72. The second kappa shape index (κ2) is 5.75. The molecule has 0 aliphatic heterocycles. The lowest BCUT2D eigenvalue weighted by atomic mass is 10.3. The lowest BCUT2D eigenvalue weighted by Gasteiger charge is -2.05. The quantitative estimate of drug-likeness (QED) is 0.901. The van der Waals surface area contributed by atoms with Gasteiger partial charge in [-0.25, -0.2) is 4.98 Å². The van der Waals surface area contributed by atoms with Crippen LogP contribution in [-0.2, 0) is 4.79 Å². The summed E-state index contributed by atoms with van der Waals surface area (Å²) >= 11 is 1.53. The average Bonchev–Trinajstić information content (AvgIpc) is 2.36. The number of pyridine rings is 1. The molecular weight excluding hydrogens is 258 g/mol. The number of carbonyl (C=O) groups excluding carboxylic acids is 1. The largest absolute Gasteiger partial charge is 0.398 e. The van der Waals surface area contributed by atoms with Crippen LogP contribution in [0.4, 0.5) is 11.4 Å². The standard InChI is InChI=1S/C14H15N3OS/c1-9-8-16-14(7-13(9)15)19-12-5-3-11(4-6-12)17-10(2)18/h3-8H,1-2H3,(H2,15,16)(H,17,18). The van der Waals surface area contributed by atoms with E-state index in [-0.39, 0.29) is 5.91 Å². The van der Waals surface area contributed by atoms with Gasteiger partial charge in [-0.05, 0) is 42.8 Å². The normalized spacial score (nSPS) is 10.2. The highest BCUT2D eigenvalue weighted by atomic mass is 32.2. The van der Waals surface area contributed by atoms with Gasteiger partial charge >= 0.3 is 0 Å². The Morgan fingerprint density at radius 2 is 2.00 bits per heavy atom. The number of amides is 1. The molecule has 5 heteroatoms. The van der Waals surface area contributed by atoms with Crippen molar-refractivity contribution in [1.29, 1.82) is 0 Å². The number of benzene rings is 1. The molecule has 19 heavy (non-hydrogen) atoms. The molecule has 0 unspecified atom stereocenters. The molecule has 0 aliphatic rings. The summed E-state index contributed by atoms with van der Waals surface area (Å²) in [6.07, 6.45) is 1.77. The Hall–Kier alpha value is -2.01. The Morgan fingerprint density at radius 1 is 1.32 bits per heavy atom. The summed E-state index contributed by atoms with van der Waals surface area (Å²) in [6, 6.07) is 9.46. The molecule has 0 atom stereocenters. The van der Waals surface area contributed by atoms with Crippen molar-refractivity contribution in [2.45, 2.75) is 23.8 Å². The average molecular weight is 273 g/mol. The summed E-state index contributed by atoms with van der Waals surface area (Å²) in [5.41, 5.74) is 8.36. The summed E-state index contributed by atoms with van der Waals surface area (Å²) < 4.78 is 0. The first-order valence-electron chi connectivity index (χ1n) is 5.82. The molecule has 0 radical (unpaired) electrons. The molecule has 0 aliphatic carbocycles. The van der Waals surface area contributed by atoms with E-state index in [9.17, 15) is 4.79 Å². The van der Waals surface area contributed by atoms with E-state index < -0.39 is 0 Å². The van der Waals surface area contributed by atoms with Gasteiger partial charge in [0.25, 0.3) is 0 Å². The molecule has 0 saturated carbocycles. The Kier molecular flexibility index (Phi) is 4.06. The fourth-order valence-corrected chi connectivity index (χ4v) is 2.31. The number of rotatable bonds is 3. The van der Waals surface area contributed by atoms with Crippen molar-refractivity contribution < 1.29 is 4.79 Å². The number of nitrogens with one attached hydrogen (secondary N) is 1. The van der Waals surface area contributed by atoms with Gasteiger partial charge < -0.3 is 11.1 Å². The highest BCUT2D eigenvalue weighted by Crippen LogP contribution is 2.28. The number of aromatic nitrogens is 1. The lowest BCUT2D eigenvalue weighted by Crippen LogP contribution is -2.05. The number of hydrogen-bond donors (Lipinski definition) is 2. The molecule has 0 spiro atoms. The maximum absolute atomic E-state index is 10.9. The number of hydrogen-bond acceptors (Lipinski definition) is 4. The molecule has 0 fully saturated rings. The van der Waals surface area contributed by atoms with Crippen molar-refractivity contribution in [3.63, 3.8) is 0 Å². The number of carbonyl (C=O) groups is 1. The minimum Gasteiger partial charge on any atom is -0.398 e. The summed E-state index contributed by atoms with van der Waals surface area (Å²) in [5.74, 6) is -0.0756. The van der Waals surface area contributed by atoms with Crippen molar-refractivity contribution in [3.05, 3.63) is 42.1 Å². The minimum atomic E-state index is -0.0756. The maximum atomic E-state index is 10.9. The van der Waals surface area contributed by atoms with Gasteiger partial charge in [-0.3, -0.25) is 4.79 Å². The lowest BCUT2D eigenvalue weighted by molar-refractivity contribution is -0.114. The van der Waals surface area contributed by atoms with Crippen LogP contribution in [0.2, 0.25) is 0 Å². The monoisotopic (exact) mass is 273 g/mol. The van der Waals surface area contributed by atoms with Gasteiger partial charge in [0.2, 0.25) is 5.91 Å². The van der Waals surface area contributed by atoms with Crippen LogP contribution in [0.25, 0.3) is 0 Å². The predicted molar refractivity (Wildman–Crippen MR) is 78.3 cm³/mol. The maximum Gasteiger partial charge on any atom is 0.221 e. The highest BCUT2D eigenvalue weighted by molar-refractivity contribution is 7.99. The zero-order chi connectivity index (χ0) is 13.8. The van der Waals surface area contributed by atoms with Crippen molar-refractivity contribution in [2.75, 3.05) is 11.1 Å². The number of nitrogens with two attached hydrogens (primary N) is 1. The molecule has 4 nitrogen and oxygen atoms in total. The molecule has 1 aromatic carbocycles. The fourth-order valence-electron chi connectivity index (χ4n) is 1.51. The van der Waals surface area contributed by atoms with Gasteiger partial charge in [-0.2, -0.15) is 0 Å². The molecular formula is C14H15N3OS. The first-order chi connectivity index (χ1) is 9.04. The second-order valence-electron chi connectivity index (χ2n) is 4.19. The van der Waals surface area contributed by atoms with Crippen LogP contribution in [0.5, 0.6) is 0 Å². The van der Waals surface area contributed by atoms with E-state index in [0.717, 1.165) is 26.9 Å². The third-order valence-corrected chi connectivity index (χ3v) is 3.46. The summed E-state index contributed by atoms with van der Waals surface area (Å²) in [5, 5.41) is 3.59. The molecule has 0 bridgehead atoms. The van der Waals surface area contributed by atoms with Crippen molar-refractivity contribution in [2.24, 2.45) is 0 Å². The van der Waals surface area contributed by atoms with E-state index in [0.29, 0.717) is 0 Å². The fraction of sp³-hybridized carbons (Fsp3) is 0.143. The zero-order valence-corrected chi connectivity index (χ0v) is 11.6. The Morgan fingerprint density at radius 3 is 2.58 bits per heavy atom. The van der Waals surface area contributed by atoms with Crippen LogP contribution in [0.15, 0.2) is 46.5 Å². The van der Waals surface area contributed by atoms with Crippen LogP contribution in [-0.4, -0.2) is 10.9 Å². The van der Waals surface area contributed by atoms with Crippen LogP contribution in [0.1, 0.15) is 12.5 Å². The number of nitrogen functional groups attached to an aromatic ring is 1. The van der Waals surface area contributed by atoms with E-state index in [1.54, 1.807) is 6.20 Å². The number of nitrogens with zero attached hydrogens (tertiary/aromatic N) is 1. The smallest absolute Gasteiger partial charge is 0.221 e. The molecule has 98 valence electrons. The zero-order valence-electron chi connectivity index (χ0n) is 10.8. The molecule has 1 aromatic heterocycles.